The van der Waals surface area contributed by atoms with Crippen molar-refractivity contribution in [3.8, 4) is 5.82 Å². The maximum absolute atomic E-state index is 4.47. The first-order valence-corrected chi connectivity index (χ1v) is 8.45. The summed E-state index contributed by atoms with van der Waals surface area (Å²) in [6.45, 7) is 3.59. The standard InChI is InChI=1S/C17H20N8/c1-2-6-24(5-1)17-21-10-15(11-22-17)8-18-7-14-3-4-16(20-9-14)25-13-19-12-23-25/h3-4,9-13,18H,1-2,5-8H2. The van der Waals surface area contributed by atoms with Crippen molar-refractivity contribution < 1.29 is 0 Å². The predicted octanol–water partition coefficient (Wildman–Crippen LogP) is 1.34. The molecule has 128 valence electrons. The lowest BCUT2D eigenvalue weighted by atomic mass is 10.2. The fourth-order valence-corrected chi connectivity index (χ4v) is 2.85. The van der Waals surface area contributed by atoms with Gasteiger partial charge in [-0.15, -0.1) is 0 Å². The van der Waals surface area contributed by atoms with Crippen LogP contribution in [0.2, 0.25) is 0 Å². The van der Waals surface area contributed by atoms with E-state index in [0.29, 0.717) is 0 Å². The highest BCUT2D eigenvalue weighted by atomic mass is 15.3. The van der Waals surface area contributed by atoms with E-state index in [1.165, 1.54) is 19.2 Å². The Morgan fingerprint density at radius 2 is 1.68 bits per heavy atom. The van der Waals surface area contributed by atoms with Gasteiger partial charge in [-0.2, -0.15) is 5.10 Å². The lowest BCUT2D eigenvalue weighted by molar-refractivity contribution is 0.685. The first-order chi connectivity index (χ1) is 12.4. The van der Waals surface area contributed by atoms with Gasteiger partial charge in [0.15, 0.2) is 5.82 Å². The van der Waals surface area contributed by atoms with Crippen molar-refractivity contribution in [2.75, 3.05) is 18.0 Å². The molecule has 0 atom stereocenters. The highest BCUT2D eigenvalue weighted by molar-refractivity contribution is 5.31. The highest BCUT2D eigenvalue weighted by Gasteiger charge is 2.14. The second-order valence-corrected chi connectivity index (χ2v) is 6.05. The van der Waals surface area contributed by atoms with Gasteiger partial charge >= 0.3 is 0 Å². The molecule has 0 unspecified atom stereocenters. The number of nitrogens with one attached hydrogen (secondary N) is 1. The summed E-state index contributed by atoms with van der Waals surface area (Å²) < 4.78 is 1.64. The van der Waals surface area contributed by atoms with Gasteiger partial charge in [0.1, 0.15) is 12.7 Å². The fourth-order valence-electron chi connectivity index (χ4n) is 2.85. The number of nitrogens with zero attached hydrogens (tertiary/aromatic N) is 7. The topological polar surface area (TPSA) is 84.7 Å². The largest absolute Gasteiger partial charge is 0.341 e. The molecule has 8 heteroatoms. The Labute approximate surface area is 146 Å². The molecule has 0 amide bonds. The third-order valence-corrected chi connectivity index (χ3v) is 4.20. The van der Waals surface area contributed by atoms with Gasteiger partial charge in [-0.05, 0) is 24.5 Å². The van der Waals surface area contributed by atoms with Crippen molar-refractivity contribution in [1.82, 2.24) is 35.0 Å². The normalized spacial score (nSPS) is 14.2. The van der Waals surface area contributed by atoms with Crippen molar-refractivity contribution >= 4 is 5.95 Å². The molecule has 0 aromatic carbocycles. The second-order valence-electron chi connectivity index (χ2n) is 6.05. The van der Waals surface area contributed by atoms with E-state index in [1.807, 2.05) is 30.7 Å². The molecule has 8 nitrogen and oxygen atoms in total. The van der Waals surface area contributed by atoms with Gasteiger partial charge in [0, 0.05) is 50.3 Å². The van der Waals surface area contributed by atoms with Crippen molar-refractivity contribution in [2.45, 2.75) is 25.9 Å². The molecule has 0 spiro atoms. The minimum absolute atomic E-state index is 0.727. The Morgan fingerprint density at radius 3 is 2.36 bits per heavy atom. The van der Waals surface area contributed by atoms with Crippen LogP contribution in [0.3, 0.4) is 0 Å². The van der Waals surface area contributed by atoms with E-state index in [4.69, 9.17) is 0 Å². The van der Waals surface area contributed by atoms with Crippen LogP contribution in [-0.2, 0) is 13.1 Å². The van der Waals surface area contributed by atoms with Gasteiger partial charge in [0.25, 0.3) is 0 Å². The van der Waals surface area contributed by atoms with E-state index in [1.54, 1.807) is 11.0 Å². The van der Waals surface area contributed by atoms with Crippen LogP contribution < -0.4 is 10.2 Å². The molecule has 1 saturated heterocycles. The average molecular weight is 336 g/mol. The van der Waals surface area contributed by atoms with E-state index < -0.39 is 0 Å². The average Bonchev–Trinajstić information content (AvgIpc) is 3.37. The molecule has 0 aliphatic carbocycles. The summed E-state index contributed by atoms with van der Waals surface area (Å²) in [4.78, 5) is 19.5. The zero-order chi connectivity index (χ0) is 16.9. The number of rotatable bonds is 6. The van der Waals surface area contributed by atoms with Gasteiger partial charge in [-0.25, -0.2) is 24.6 Å². The van der Waals surface area contributed by atoms with Crippen LogP contribution in [0.15, 0.2) is 43.4 Å². The van der Waals surface area contributed by atoms with Crippen LogP contribution in [0.1, 0.15) is 24.0 Å². The summed E-state index contributed by atoms with van der Waals surface area (Å²) in [6.07, 6.45) is 11.2. The first-order valence-electron chi connectivity index (χ1n) is 8.45. The monoisotopic (exact) mass is 336 g/mol. The number of anilines is 1. The molecule has 0 saturated carbocycles. The smallest absolute Gasteiger partial charge is 0.225 e. The van der Waals surface area contributed by atoms with Crippen molar-refractivity contribution in [3.05, 3.63) is 54.5 Å². The van der Waals surface area contributed by atoms with Gasteiger partial charge in [-0.3, -0.25) is 0 Å². The van der Waals surface area contributed by atoms with E-state index in [9.17, 15) is 0 Å². The molecule has 1 fully saturated rings. The number of pyridine rings is 1. The minimum Gasteiger partial charge on any atom is -0.341 e. The van der Waals surface area contributed by atoms with E-state index in [-0.39, 0.29) is 0 Å². The minimum atomic E-state index is 0.727. The third-order valence-electron chi connectivity index (χ3n) is 4.20. The number of hydrogen-bond donors (Lipinski definition) is 1. The van der Waals surface area contributed by atoms with Crippen LogP contribution in [0, 0.1) is 0 Å². The van der Waals surface area contributed by atoms with Crippen molar-refractivity contribution in [1.29, 1.82) is 0 Å². The Kier molecular flexibility index (Phi) is 4.60. The van der Waals surface area contributed by atoms with Crippen LogP contribution in [0.25, 0.3) is 5.82 Å². The molecule has 0 radical (unpaired) electrons. The van der Waals surface area contributed by atoms with Crippen LogP contribution in [0.5, 0.6) is 0 Å². The molecule has 25 heavy (non-hydrogen) atoms. The Bertz CT molecular complexity index is 777. The van der Waals surface area contributed by atoms with Crippen molar-refractivity contribution in [2.24, 2.45) is 0 Å². The Balaban J connectivity index is 1.28. The number of hydrogen-bond acceptors (Lipinski definition) is 7. The lowest BCUT2D eigenvalue weighted by Crippen LogP contribution is -2.20. The summed E-state index contributed by atoms with van der Waals surface area (Å²) in [6, 6.07) is 3.96. The molecular formula is C17H20N8. The SMILES string of the molecule is c1ncn(-c2ccc(CNCc3cnc(N4CCCC4)nc3)cn2)n1. The molecule has 3 aromatic heterocycles. The maximum Gasteiger partial charge on any atom is 0.225 e. The quantitative estimate of drug-likeness (QED) is 0.727. The molecule has 1 aliphatic heterocycles. The van der Waals surface area contributed by atoms with Gasteiger partial charge in [0.05, 0.1) is 0 Å². The highest BCUT2D eigenvalue weighted by Crippen LogP contribution is 2.14. The molecule has 1 aliphatic rings. The molecule has 4 heterocycles. The van der Waals surface area contributed by atoms with E-state index in [0.717, 1.165) is 49.1 Å². The summed E-state index contributed by atoms with van der Waals surface area (Å²) in [7, 11) is 0. The number of aromatic nitrogens is 6. The molecule has 3 aromatic rings. The third kappa shape index (κ3) is 3.80. The molecule has 1 N–H and O–H groups in total. The fraction of sp³-hybridized carbons (Fsp3) is 0.353. The summed E-state index contributed by atoms with van der Waals surface area (Å²) >= 11 is 0. The Hall–Kier alpha value is -2.87. The van der Waals surface area contributed by atoms with Gasteiger partial charge in [-0.1, -0.05) is 6.07 Å². The molecule has 4 rings (SSSR count). The molecular weight excluding hydrogens is 316 g/mol. The van der Waals surface area contributed by atoms with Crippen LogP contribution >= 0.6 is 0 Å². The van der Waals surface area contributed by atoms with Crippen LogP contribution in [-0.4, -0.2) is 42.8 Å². The lowest BCUT2D eigenvalue weighted by Gasteiger charge is -2.14. The zero-order valence-electron chi connectivity index (χ0n) is 13.9. The zero-order valence-corrected chi connectivity index (χ0v) is 13.9. The molecule has 0 bridgehead atoms. The van der Waals surface area contributed by atoms with E-state index >= 15 is 0 Å². The summed E-state index contributed by atoms with van der Waals surface area (Å²) in [5, 5.41) is 7.46. The van der Waals surface area contributed by atoms with Gasteiger partial charge < -0.3 is 10.2 Å². The Morgan fingerprint density at radius 1 is 0.920 bits per heavy atom. The van der Waals surface area contributed by atoms with E-state index in [2.05, 4.69) is 35.3 Å². The first kappa shape index (κ1) is 15.6. The van der Waals surface area contributed by atoms with Gasteiger partial charge in [0.2, 0.25) is 5.95 Å². The maximum atomic E-state index is 4.47. The summed E-state index contributed by atoms with van der Waals surface area (Å²) in [5.41, 5.74) is 2.19. The predicted molar refractivity (Wildman–Crippen MR) is 93.2 cm³/mol. The summed E-state index contributed by atoms with van der Waals surface area (Å²) in [5.74, 6) is 1.60. The van der Waals surface area contributed by atoms with Crippen LogP contribution in [0.4, 0.5) is 5.95 Å². The van der Waals surface area contributed by atoms with Crippen molar-refractivity contribution in [3.63, 3.8) is 0 Å². The second kappa shape index (κ2) is 7.35.